The van der Waals surface area contributed by atoms with Gasteiger partial charge in [0.25, 0.3) is 5.91 Å². The molecule has 0 atom stereocenters. The Bertz CT molecular complexity index is 843. The summed E-state index contributed by atoms with van der Waals surface area (Å²) in [6, 6.07) is 12.2. The zero-order valence-corrected chi connectivity index (χ0v) is 14.1. The number of hydrogen-bond donors (Lipinski definition) is 2. The van der Waals surface area contributed by atoms with Crippen molar-refractivity contribution in [1.29, 1.82) is 0 Å². The van der Waals surface area contributed by atoms with Gasteiger partial charge in [-0.05, 0) is 54.4 Å². The number of amides is 3. The Hall–Kier alpha value is -3.15. The maximum atomic E-state index is 12.4. The fourth-order valence-electron chi connectivity index (χ4n) is 2.92. The molecule has 6 heteroatoms. The van der Waals surface area contributed by atoms with Crippen LogP contribution in [-0.4, -0.2) is 24.3 Å². The predicted molar refractivity (Wildman–Crippen MR) is 96.9 cm³/mol. The Morgan fingerprint density at radius 1 is 0.920 bits per heavy atom. The largest absolute Gasteiger partial charge is 0.326 e. The molecule has 0 aliphatic carbocycles. The van der Waals surface area contributed by atoms with E-state index in [9.17, 15) is 14.4 Å². The topological polar surface area (TPSA) is 78.5 Å². The summed E-state index contributed by atoms with van der Waals surface area (Å²) >= 11 is 0. The van der Waals surface area contributed by atoms with Crippen molar-refractivity contribution < 1.29 is 14.4 Å². The molecule has 2 N–H and O–H groups in total. The molecule has 0 spiro atoms. The minimum absolute atomic E-state index is 0.0230. The lowest BCUT2D eigenvalue weighted by Gasteiger charge is -2.15. The Morgan fingerprint density at radius 2 is 1.60 bits per heavy atom. The lowest BCUT2D eigenvalue weighted by atomic mass is 10.1. The number of benzene rings is 2. The zero-order valence-electron chi connectivity index (χ0n) is 14.1. The van der Waals surface area contributed by atoms with E-state index in [4.69, 9.17) is 0 Å². The second kappa shape index (κ2) is 6.76. The van der Waals surface area contributed by atoms with Crippen LogP contribution < -0.4 is 15.5 Å². The van der Waals surface area contributed by atoms with Crippen LogP contribution in [0.5, 0.6) is 0 Å². The number of nitrogens with one attached hydrogen (secondary N) is 2. The van der Waals surface area contributed by atoms with Gasteiger partial charge >= 0.3 is 0 Å². The van der Waals surface area contributed by atoms with E-state index in [0.29, 0.717) is 23.5 Å². The van der Waals surface area contributed by atoms with Gasteiger partial charge < -0.3 is 15.5 Å². The number of anilines is 3. The Labute approximate surface area is 145 Å². The summed E-state index contributed by atoms with van der Waals surface area (Å²) in [5, 5.41) is 5.52. The number of rotatable bonds is 3. The van der Waals surface area contributed by atoms with E-state index in [0.717, 1.165) is 17.7 Å². The fraction of sp³-hybridized carbons (Fsp3) is 0.211. The second-order valence-corrected chi connectivity index (χ2v) is 5.98. The molecule has 128 valence electrons. The van der Waals surface area contributed by atoms with E-state index in [1.807, 2.05) is 12.1 Å². The molecule has 1 aliphatic heterocycles. The summed E-state index contributed by atoms with van der Waals surface area (Å²) in [4.78, 5) is 36.7. The van der Waals surface area contributed by atoms with Gasteiger partial charge in [-0.15, -0.1) is 0 Å². The van der Waals surface area contributed by atoms with Crippen LogP contribution in [0.15, 0.2) is 42.5 Å². The van der Waals surface area contributed by atoms with Crippen molar-refractivity contribution >= 4 is 34.8 Å². The third kappa shape index (κ3) is 3.68. The van der Waals surface area contributed by atoms with Gasteiger partial charge in [-0.3, -0.25) is 14.4 Å². The molecule has 1 heterocycles. The molecule has 1 aliphatic rings. The SMILES string of the molecule is CC(=O)Nc1ccc(C(=O)Nc2ccc3c(c2)CCN3C(C)=O)cc1. The molecule has 0 saturated heterocycles. The molecule has 2 aromatic rings. The molecule has 0 unspecified atom stereocenters. The highest BCUT2D eigenvalue weighted by molar-refractivity contribution is 6.05. The molecule has 3 amide bonds. The number of fused-ring (bicyclic) bond motifs is 1. The first kappa shape index (κ1) is 16.7. The summed E-state index contributed by atoms with van der Waals surface area (Å²) in [6.45, 7) is 3.66. The molecule has 0 saturated carbocycles. The number of carbonyl (C=O) groups is 3. The molecule has 6 nitrogen and oxygen atoms in total. The quantitative estimate of drug-likeness (QED) is 0.904. The highest BCUT2D eigenvalue weighted by Crippen LogP contribution is 2.30. The van der Waals surface area contributed by atoms with Crippen molar-refractivity contribution in [3.05, 3.63) is 53.6 Å². The van der Waals surface area contributed by atoms with Gasteiger partial charge in [0.15, 0.2) is 0 Å². The standard InChI is InChI=1S/C19H19N3O3/c1-12(23)20-16-5-3-14(4-6-16)19(25)21-17-7-8-18-15(11-17)9-10-22(18)13(2)24/h3-8,11H,9-10H2,1-2H3,(H,20,23)(H,21,25). The summed E-state index contributed by atoms with van der Waals surface area (Å²) < 4.78 is 0. The smallest absolute Gasteiger partial charge is 0.255 e. The summed E-state index contributed by atoms with van der Waals surface area (Å²) in [5.41, 5.74) is 3.80. The molecule has 0 fully saturated rings. The number of nitrogens with zero attached hydrogens (tertiary/aromatic N) is 1. The Morgan fingerprint density at radius 3 is 2.24 bits per heavy atom. The lowest BCUT2D eigenvalue weighted by molar-refractivity contribution is -0.116. The minimum Gasteiger partial charge on any atom is -0.326 e. The number of hydrogen-bond acceptors (Lipinski definition) is 3. The normalized spacial score (nSPS) is 12.5. The van der Waals surface area contributed by atoms with E-state index in [1.165, 1.54) is 6.92 Å². The van der Waals surface area contributed by atoms with Crippen molar-refractivity contribution in [2.75, 3.05) is 22.1 Å². The number of carbonyl (C=O) groups excluding carboxylic acids is 3. The highest BCUT2D eigenvalue weighted by Gasteiger charge is 2.22. The van der Waals surface area contributed by atoms with Crippen molar-refractivity contribution in [3.8, 4) is 0 Å². The predicted octanol–water partition coefficient (Wildman–Crippen LogP) is 2.81. The van der Waals surface area contributed by atoms with Crippen LogP contribution in [0.2, 0.25) is 0 Å². The van der Waals surface area contributed by atoms with Crippen LogP contribution >= 0.6 is 0 Å². The lowest BCUT2D eigenvalue weighted by Crippen LogP contribution is -2.25. The van der Waals surface area contributed by atoms with Crippen LogP contribution in [0.1, 0.15) is 29.8 Å². The molecule has 0 radical (unpaired) electrons. The maximum absolute atomic E-state index is 12.4. The molecule has 25 heavy (non-hydrogen) atoms. The third-order valence-electron chi connectivity index (χ3n) is 4.08. The Balaban J connectivity index is 1.71. The molecular weight excluding hydrogens is 318 g/mol. The Kier molecular flexibility index (Phi) is 4.52. The van der Waals surface area contributed by atoms with Crippen molar-refractivity contribution in [2.24, 2.45) is 0 Å². The van der Waals surface area contributed by atoms with Crippen molar-refractivity contribution in [3.63, 3.8) is 0 Å². The summed E-state index contributed by atoms with van der Waals surface area (Å²) in [6.07, 6.45) is 0.782. The van der Waals surface area contributed by atoms with Gasteiger partial charge in [0.2, 0.25) is 11.8 Å². The van der Waals surface area contributed by atoms with E-state index in [2.05, 4.69) is 10.6 Å². The minimum atomic E-state index is -0.226. The van der Waals surface area contributed by atoms with Crippen LogP contribution in [0.25, 0.3) is 0 Å². The summed E-state index contributed by atoms with van der Waals surface area (Å²) in [7, 11) is 0. The molecule has 0 aromatic heterocycles. The summed E-state index contributed by atoms with van der Waals surface area (Å²) in [5.74, 6) is -0.361. The third-order valence-corrected chi connectivity index (χ3v) is 4.08. The first-order chi connectivity index (χ1) is 11.9. The van der Waals surface area contributed by atoms with Gasteiger partial charge in [-0.25, -0.2) is 0 Å². The maximum Gasteiger partial charge on any atom is 0.255 e. The monoisotopic (exact) mass is 337 g/mol. The fourth-order valence-corrected chi connectivity index (χ4v) is 2.92. The van der Waals surface area contributed by atoms with E-state index >= 15 is 0 Å². The van der Waals surface area contributed by atoms with Gasteiger partial charge in [0.05, 0.1) is 0 Å². The van der Waals surface area contributed by atoms with Crippen LogP contribution in [0, 0.1) is 0 Å². The molecular formula is C19H19N3O3. The van der Waals surface area contributed by atoms with Crippen LogP contribution in [0.3, 0.4) is 0 Å². The zero-order chi connectivity index (χ0) is 18.0. The molecule has 3 rings (SSSR count). The van der Waals surface area contributed by atoms with E-state index < -0.39 is 0 Å². The van der Waals surface area contributed by atoms with E-state index in [1.54, 1.807) is 42.2 Å². The average molecular weight is 337 g/mol. The van der Waals surface area contributed by atoms with Crippen LogP contribution in [0.4, 0.5) is 17.1 Å². The van der Waals surface area contributed by atoms with Gasteiger partial charge in [0.1, 0.15) is 0 Å². The second-order valence-electron chi connectivity index (χ2n) is 5.98. The van der Waals surface area contributed by atoms with Gasteiger partial charge in [-0.2, -0.15) is 0 Å². The average Bonchev–Trinajstić information content (AvgIpc) is 2.98. The molecule has 2 aromatic carbocycles. The first-order valence-electron chi connectivity index (χ1n) is 8.04. The van der Waals surface area contributed by atoms with Gasteiger partial charge in [-0.1, -0.05) is 0 Å². The van der Waals surface area contributed by atoms with Crippen molar-refractivity contribution in [2.45, 2.75) is 20.3 Å². The van der Waals surface area contributed by atoms with Crippen molar-refractivity contribution in [1.82, 2.24) is 0 Å². The van der Waals surface area contributed by atoms with Crippen LogP contribution in [-0.2, 0) is 16.0 Å². The highest BCUT2D eigenvalue weighted by atomic mass is 16.2. The molecule has 0 bridgehead atoms. The first-order valence-corrected chi connectivity index (χ1v) is 8.04. The van der Waals surface area contributed by atoms with E-state index in [-0.39, 0.29) is 17.7 Å². The van der Waals surface area contributed by atoms with Gasteiger partial charge in [0, 0.05) is 43.0 Å².